The minimum atomic E-state index is -0.224. The Balaban J connectivity index is 1.74. The summed E-state index contributed by atoms with van der Waals surface area (Å²) in [7, 11) is 0. The van der Waals surface area contributed by atoms with Gasteiger partial charge in [-0.25, -0.2) is 0 Å². The smallest absolute Gasteiger partial charge is 0.256 e. The fourth-order valence-corrected chi connectivity index (χ4v) is 3.46. The predicted molar refractivity (Wildman–Crippen MR) is 116 cm³/mol. The average molecular weight is 521 g/mol. The molecule has 3 rings (SSSR count). The van der Waals surface area contributed by atoms with Crippen LogP contribution in [0.15, 0.2) is 77.3 Å². The van der Waals surface area contributed by atoms with E-state index in [0.29, 0.717) is 22.5 Å². The number of rotatable bonds is 4. The molecule has 130 valence electrons. The zero-order valence-corrected chi connectivity index (χ0v) is 17.2. The number of halogens is 2. The van der Waals surface area contributed by atoms with Crippen LogP contribution >= 0.6 is 38.5 Å². The molecule has 2 N–H and O–H groups in total. The van der Waals surface area contributed by atoms with Crippen molar-refractivity contribution in [1.82, 2.24) is 0 Å². The van der Waals surface area contributed by atoms with E-state index in [2.05, 4.69) is 49.2 Å². The standard InChI is InChI=1S/C20H14BrIN2O2/c21-17-10-3-1-8-15(17)19(25)23-13-6-5-7-14(12-13)24-20(26)16-9-2-4-11-18(16)22/h1-12H,(H,23,25)(H,24,26). The molecule has 4 nitrogen and oxygen atoms in total. The Morgan fingerprint density at radius 1 is 0.731 bits per heavy atom. The number of amides is 2. The zero-order valence-electron chi connectivity index (χ0n) is 13.5. The van der Waals surface area contributed by atoms with Gasteiger partial charge in [-0.2, -0.15) is 0 Å². The van der Waals surface area contributed by atoms with Gasteiger partial charge in [-0.15, -0.1) is 0 Å². The van der Waals surface area contributed by atoms with Crippen molar-refractivity contribution in [3.05, 3.63) is 92.0 Å². The number of hydrogen-bond acceptors (Lipinski definition) is 2. The Hall–Kier alpha value is -2.19. The molecular weight excluding hydrogens is 507 g/mol. The number of carbonyl (C=O) groups excluding carboxylic acids is 2. The van der Waals surface area contributed by atoms with Crippen molar-refractivity contribution in [2.24, 2.45) is 0 Å². The molecule has 0 heterocycles. The summed E-state index contributed by atoms with van der Waals surface area (Å²) in [5.74, 6) is -0.414. The zero-order chi connectivity index (χ0) is 18.5. The molecule has 3 aromatic carbocycles. The fraction of sp³-hybridized carbons (Fsp3) is 0. The van der Waals surface area contributed by atoms with Crippen LogP contribution in [0.1, 0.15) is 20.7 Å². The Bertz CT molecular complexity index is 901. The molecule has 0 unspecified atom stereocenters. The first-order valence-electron chi connectivity index (χ1n) is 7.76. The van der Waals surface area contributed by atoms with Gasteiger partial charge in [-0.05, 0) is 81.0 Å². The summed E-state index contributed by atoms with van der Waals surface area (Å²) in [6.45, 7) is 0. The Morgan fingerprint density at radius 3 is 1.88 bits per heavy atom. The molecule has 0 saturated carbocycles. The first-order valence-corrected chi connectivity index (χ1v) is 9.63. The van der Waals surface area contributed by atoms with E-state index in [-0.39, 0.29) is 11.8 Å². The molecule has 0 fully saturated rings. The molecule has 0 aromatic heterocycles. The molecule has 0 aliphatic carbocycles. The highest BCUT2D eigenvalue weighted by Gasteiger charge is 2.12. The van der Waals surface area contributed by atoms with Crippen LogP contribution in [0.4, 0.5) is 11.4 Å². The molecule has 26 heavy (non-hydrogen) atoms. The third-order valence-electron chi connectivity index (χ3n) is 3.62. The van der Waals surface area contributed by atoms with Gasteiger partial charge in [0.1, 0.15) is 0 Å². The quantitative estimate of drug-likeness (QED) is 0.442. The second-order valence-corrected chi connectivity index (χ2v) is 7.47. The van der Waals surface area contributed by atoms with Crippen LogP contribution in [-0.4, -0.2) is 11.8 Å². The number of anilines is 2. The van der Waals surface area contributed by atoms with Gasteiger partial charge in [0.05, 0.1) is 11.1 Å². The van der Waals surface area contributed by atoms with Crippen molar-refractivity contribution in [3.8, 4) is 0 Å². The molecule has 0 aliphatic heterocycles. The van der Waals surface area contributed by atoms with Crippen LogP contribution in [0.3, 0.4) is 0 Å². The molecule has 3 aromatic rings. The molecule has 0 radical (unpaired) electrons. The van der Waals surface area contributed by atoms with Gasteiger partial charge in [0.25, 0.3) is 11.8 Å². The molecule has 6 heteroatoms. The average Bonchev–Trinajstić information content (AvgIpc) is 2.62. The molecule has 0 atom stereocenters. The Kier molecular flexibility index (Phi) is 6.05. The van der Waals surface area contributed by atoms with Crippen molar-refractivity contribution in [1.29, 1.82) is 0 Å². The van der Waals surface area contributed by atoms with E-state index >= 15 is 0 Å². The minimum absolute atomic E-state index is 0.190. The maximum atomic E-state index is 12.4. The molecule has 0 spiro atoms. The van der Waals surface area contributed by atoms with E-state index in [9.17, 15) is 9.59 Å². The lowest BCUT2D eigenvalue weighted by Gasteiger charge is -2.10. The largest absolute Gasteiger partial charge is 0.322 e. The van der Waals surface area contributed by atoms with Crippen LogP contribution in [-0.2, 0) is 0 Å². The number of carbonyl (C=O) groups is 2. The van der Waals surface area contributed by atoms with Crippen LogP contribution in [0, 0.1) is 3.57 Å². The lowest BCUT2D eigenvalue weighted by atomic mass is 10.2. The highest BCUT2D eigenvalue weighted by atomic mass is 127. The van der Waals surface area contributed by atoms with E-state index < -0.39 is 0 Å². The first-order chi connectivity index (χ1) is 12.5. The van der Waals surface area contributed by atoms with Crippen LogP contribution in [0.5, 0.6) is 0 Å². The molecular formula is C20H14BrIN2O2. The summed E-state index contributed by atoms with van der Waals surface area (Å²) >= 11 is 5.50. The molecule has 0 saturated heterocycles. The summed E-state index contributed by atoms with van der Waals surface area (Å²) in [6.07, 6.45) is 0. The fourth-order valence-electron chi connectivity index (χ4n) is 2.36. The van der Waals surface area contributed by atoms with Gasteiger partial charge in [0.2, 0.25) is 0 Å². The second kappa shape index (κ2) is 8.46. The third-order valence-corrected chi connectivity index (χ3v) is 5.25. The van der Waals surface area contributed by atoms with Crippen LogP contribution in [0.2, 0.25) is 0 Å². The van der Waals surface area contributed by atoms with E-state index in [1.165, 1.54) is 0 Å². The summed E-state index contributed by atoms with van der Waals surface area (Å²) in [6, 6.07) is 21.6. The SMILES string of the molecule is O=C(Nc1cccc(NC(=O)c2ccccc2I)c1)c1ccccc1Br. The molecule has 2 amide bonds. The topological polar surface area (TPSA) is 58.2 Å². The summed E-state index contributed by atoms with van der Waals surface area (Å²) in [4.78, 5) is 24.8. The predicted octanol–water partition coefficient (Wildman–Crippen LogP) is 5.56. The van der Waals surface area contributed by atoms with Crippen molar-refractivity contribution < 1.29 is 9.59 Å². The number of nitrogens with one attached hydrogen (secondary N) is 2. The van der Waals surface area contributed by atoms with E-state index in [4.69, 9.17) is 0 Å². The summed E-state index contributed by atoms with van der Waals surface area (Å²) < 4.78 is 1.60. The van der Waals surface area contributed by atoms with Gasteiger partial charge in [0.15, 0.2) is 0 Å². The van der Waals surface area contributed by atoms with Crippen molar-refractivity contribution in [3.63, 3.8) is 0 Å². The summed E-state index contributed by atoms with van der Waals surface area (Å²) in [5.41, 5.74) is 2.36. The van der Waals surface area contributed by atoms with Crippen LogP contribution in [0.25, 0.3) is 0 Å². The maximum absolute atomic E-state index is 12.4. The number of benzene rings is 3. The van der Waals surface area contributed by atoms with E-state index in [1.807, 2.05) is 30.3 Å². The lowest BCUT2D eigenvalue weighted by Crippen LogP contribution is -2.15. The second-order valence-electron chi connectivity index (χ2n) is 5.45. The van der Waals surface area contributed by atoms with Crippen molar-refractivity contribution in [2.45, 2.75) is 0 Å². The van der Waals surface area contributed by atoms with E-state index in [0.717, 1.165) is 8.04 Å². The normalized spacial score (nSPS) is 10.2. The van der Waals surface area contributed by atoms with Crippen molar-refractivity contribution in [2.75, 3.05) is 10.6 Å². The van der Waals surface area contributed by atoms with Gasteiger partial charge in [-0.3, -0.25) is 9.59 Å². The summed E-state index contributed by atoms with van der Waals surface area (Å²) in [5, 5.41) is 5.70. The molecule has 0 aliphatic rings. The first kappa shape index (κ1) is 18.6. The Labute approximate surface area is 173 Å². The minimum Gasteiger partial charge on any atom is -0.322 e. The van der Waals surface area contributed by atoms with Gasteiger partial charge < -0.3 is 10.6 Å². The highest BCUT2D eigenvalue weighted by Crippen LogP contribution is 2.21. The lowest BCUT2D eigenvalue weighted by molar-refractivity contribution is 0.101. The van der Waals surface area contributed by atoms with Gasteiger partial charge in [-0.1, -0.05) is 30.3 Å². The Morgan fingerprint density at radius 2 is 1.27 bits per heavy atom. The van der Waals surface area contributed by atoms with Crippen LogP contribution < -0.4 is 10.6 Å². The monoisotopic (exact) mass is 520 g/mol. The number of hydrogen-bond donors (Lipinski definition) is 2. The molecule has 0 bridgehead atoms. The maximum Gasteiger partial charge on any atom is 0.256 e. The van der Waals surface area contributed by atoms with Gasteiger partial charge in [0, 0.05) is 19.4 Å². The third kappa shape index (κ3) is 4.50. The van der Waals surface area contributed by atoms with Crippen molar-refractivity contribution >= 4 is 61.7 Å². The van der Waals surface area contributed by atoms with Gasteiger partial charge >= 0.3 is 0 Å². The van der Waals surface area contributed by atoms with E-state index in [1.54, 1.807) is 42.5 Å². The highest BCUT2D eigenvalue weighted by molar-refractivity contribution is 14.1.